The van der Waals surface area contributed by atoms with Crippen molar-refractivity contribution in [3.05, 3.63) is 25.6 Å². The lowest BCUT2D eigenvalue weighted by molar-refractivity contribution is -0.114. The Hall–Kier alpha value is -1.78. The largest absolute Gasteiger partial charge is 0.450 e. The van der Waals surface area contributed by atoms with Crippen LogP contribution in [0, 0.1) is 0 Å². The summed E-state index contributed by atoms with van der Waals surface area (Å²) < 4.78 is 4.18. The number of hydrogen-bond donors (Lipinski definition) is 1. The van der Waals surface area contributed by atoms with Crippen molar-refractivity contribution in [2.75, 3.05) is 6.61 Å². The van der Waals surface area contributed by atoms with Crippen molar-refractivity contribution >= 4 is 12.5 Å². The number of amides is 2. The topological polar surface area (TPSA) is 72.6 Å². The fourth-order valence-electron chi connectivity index (χ4n) is 0.303. The van der Waals surface area contributed by atoms with Gasteiger partial charge in [0.25, 0.3) is 0 Å². The minimum atomic E-state index is -0.711. The molecule has 0 aliphatic carbocycles. The Morgan fingerprint density at radius 3 is 2.00 bits per heavy atom. The quantitative estimate of drug-likeness (QED) is 0.661. The highest BCUT2D eigenvalue weighted by Crippen LogP contribution is 1.77. The van der Waals surface area contributed by atoms with E-state index >= 15 is 0 Å². The number of carbonyl (C=O) groups is 2. The van der Waals surface area contributed by atoms with Crippen LogP contribution < -0.4 is 5.73 Å². The lowest BCUT2D eigenvalue weighted by Gasteiger charge is -1.98. The molecule has 0 aromatic heterocycles. The van der Waals surface area contributed by atoms with Gasteiger partial charge in [0.2, 0.25) is 6.41 Å². The summed E-state index contributed by atoms with van der Waals surface area (Å²) in [6, 6.07) is 0. The second kappa shape index (κ2) is 10.2. The van der Waals surface area contributed by atoms with E-state index in [1.165, 1.54) is 17.3 Å². The van der Waals surface area contributed by atoms with Crippen LogP contribution in [0.2, 0.25) is 0 Å². The first kappa shape index (κ1) is 13.8. The van der Waals surface area contributed by atoms with Gasteiger partial charge in [-0.15, -0.1) is 0 Å². The average molecular weight is 186 g/mol. The Bertz CT molecular complexity index is 161. The van der Waals surface area contributed by atoms with Crippen LogP contribution in [0.5, 0.6) is 0 Å². The maximum absolute atomic E-state index is 9.75. The molecule has 5 heteroatoms. The summed E-state index contributed by atoms with van der Waals surface area (Å²) in [4.78, 5) is 20.6. The summed E-state index contributed by atoms with van der Waals surface area (Å²) in [5.74, 6) is 0. The molecule has 13 heavy (non-hydrogen) atoms. The predicted octanol–water partition coefficient (Wildman–Crippen LogP) is 0.833. The molecule has 0 aliphatic heterocycles. The smallest absolute Gasteiger partial charge is 0.404 e. The van der Waals surface area contributed by atoms with Gasteiger partial charge in [0.1, 0.15) is 0 Å². The van der Waals surface area contributed by atoms with E-state index in [-0.39, 0.29) is 0 Å². The van der Waals surface area contributed by atoms with Crippen molar-refractivity contribution in [2.45, 2.75) is 6.92 Å². The number of nitrogens with zero attached hydrogens (tertiary/aromatic N) is 1. The van der Waals surface area contributed by atoms with E-state index in [0.29, 0.717) is 13.0 Å². The highest BCUT2D eigenvalue weighted by Gasteiger charge is 1.82. The molecular formula is C8H14N2O3. The molecule has 0 aromatic rings. The third-order valence-electron chi connectivity index (χ3n) is 0.830. The second-order valence-electron chi connectivity index (χ2n) is 1.67. The Kier molecular flexibility index (Phi) is 10.8. The Morgan fingerprint density at radius 1 is 1.54 bits per heavy atom. The van der Waals surface area contributed by atoms with Crippen molar-refractivity contribution in [3.8, 4) is 0 Å². The van der Waals surface area contributed by atoms with Crippen LogP contribution in [0.3, 0.4) is 0 Å². The number of carbonyl (C=O) groups excluding carboxylic acids is 2. The second-order valence-corrected chi connectivity index (χ2v) is 1.67. The molecule has 0 heterocycles. The standard InChI is InChI=1S/C5H7NO.C3H7NO2/c1-3-6(4-2)5-7;1-2-6-3(4)5/h3-5H,1-2H2;2H2,1H3,(H2,4,5). The molecule has 0 aliphatic rings. The Labute approximate surface area is 77.5 Å². The maximum Gasteiger partial charge on any atom is 0.404 e. The summed E-state index contributed by atoms with van der Waals surface area (Å²) in [7, 11) is 0. The molecule has 0 unspecified atom stereocenters. The predicted molar refractivity (Wildman–Crippen MR) is 49.5 cm³/mol. The van der Waals surface area contributed by atoms with E-state index in [0.717, 1.165) is 0 Å². The molecular weight excluding hydrogens is 172 g/mol. The van der Waals surface area contributed by atoms with Gasteiger partial charge in [-0.1, -0.05) is 13.2 Å². The van der Waals surface area contributed by atoms with Crippen LogP contribution in [0.25, 0.3) is 0 Å². The van der Waals surface area contributed by atoms with Crippen LogP contribution in [-0.2, 0) is 9.53 Å². The molecule has 2 amide bonds. The highest BCUT2D eigenvalue weighted by molar-refractivity contribution is 5.64. The molecule has 5 nitrogen and oxygen atoms in total. The zero-order valence-corrected chi connectivity index (χ0v) is 7.60. The molecule has 0 fully saturated rings. The number of primary amides is 1. The van der Waals surface area contributed by atoms with E-state index in [9.17, 15) is 9.59 Å². The van der Waals surface area contributed by atoms with E-state index in [2.05, 4.69) is 23.6 Å². The lowest BCUT2D eigenvalue weighted by atomic mass is 10.8. The van der Waals surface area contributed by atoms with Crippen LogP contribution in [-0.4, -0.2) is 24.0 Å². The summed E-state index contributed by atoms with van der Waals surface area (Å²) in [5, 5.41) is 0. The summed E-state index contributed by atoms with van der Waals surface area (Å²) in [6.07, 6.45) is 2.66. The van der Waals surface area contributed by atoms with E-state index in [1.54, 1.807) is 6.92 Å². The first-order valence-electron chi connectivity index (χ1n) is 3.52. The van der Waals surface area contributed by atoms with Gasteiger partial charge in [-0.05, 0) is 6.92 Å². The van der Waals surface area contributed by atoms with Crippen molar-refractivity contribution in [3.63, 3.8) is 0 Å². The molecule has 0 saturated heterocycles. The molecule has 74 valence electrons. The normalized spacial score (nSPS) is 7.15. The molecule has 0 spiro atoms. The first-order chi connectivity index (χ1) is 6.12. The number of nitrogens with two attached hydrogens (primary N) is 1. The fourth-order valence-corrected chi connectivity index (χ4v) is 0.303. The van der Waals surface area contributed by atoms with Gasteiger partial charge in [-0.25, -0.2) is 4.79 Å². The van der Waals surface area contributed by atoms with Crippen LogP contribution >= 0.6 is 0 Å². The van der Waals surface area contributed by atoms with Gasteiger partial charge >= 0.3 is 6.09 Å². The fraction of sp³-hybridized carbons (Fsp3) is 0.250. The molecule has 0 radical (unpaired) electrons. The van der Waals surface area contributed by atoms with Crippen LogP contribution in [0.1, 0.15) is 6.92 Å². The maximum atomic E-state index is 9.75. The Balaban J connectivity index is 0. The summed E-state index contributed by atoms with van der Waals surface area (Å²) >= 11 is 0. The third-order valence-corrected chi connectivity index (χ3v) is 0.830. The van der Waals surface area contributed by atoms with Crippen molar-refractivity contribution in [1.29, 1.82) is 0 Å². The van der Waals surface area contributed by atoms with Crippen LogP contribution in [0.4, 0.5) is 4.79 Å². The third kappa shape index (κ3) is 13.2. The van der Waals surface area contributed by atoms with Gasteiger partial charge in [0.05, 0.1) is 6.61 Å². The lowest BCUT2D eigenvalue weighted by Crippen LogP contribution is -2.11. The van der Waals surface area contributed by atoms with Crippen LogP contribution in [0.15, 0.2) is 25.6 Å². The summed E-state index contributed by atoms with van der Waals surface area (Å²) in [5.41, 5.74) is 4.54. The van der Waals surface area contributed by atoms with E-state index in [4.69, 9.17) is 0 Å². The average Bonchev–Trinajstić information content (AvgIpc) is 2.08. The van der Waals surface area contributed by atoms with Crippen molar-refractivity contribution in [1.82, 2.24) is 4.90 Å². The zero-order valence-electron chi connectivity index (χ0n) is 7.60. The molecule has 0 rings (SSSR count). The van der Waals surface area contributed by atoms with E-state index < -0.39 is 6.09 Å². The zero-order chi connectivity index (χ0) is 10.7. The molecule has 0 aromatic carbocycles. The summed E-state index contributed by atoms with van der Waals surface area (Å²) in [6.45, 7) is 8.71. The highest BCUT2D eigenvalue weighted by atomic mass is 16.5. The number of ether oxygens (including phenoxy) is 1. The van der Waals surface area contributed by atoms with Crippen molar-refractivity contribution < 1.29 is 14.3 Å². The number of hydrogen-bond acceptors (Lipinski definition) is 3. The molecule has 0 atom stereocenters. The monoisotopic (exact) mass is 186 g/mol. The van der Waals surface area contributed by atoms with Crippen molar-refractivity contribution in [2.24, 2.45) is 5.73 Å². The first-order valence-corrected chi connectivity index (χ1v) is 3.52. The van der Waals surface area contributed by atoms with Gasteiger partial charge < -0.3 is 10.5 Å². The van der Waals surface area contributed by atoms with Gasteiger partial charge in [-0.2, -0.15) is 0 Å². The SMILES string of the molecule is C=CN(C=C)C=O.CCOC(N)=O. The number of rotatable bonds is 4. The molecule has 2 N–H and O–H groups in total. The minimum Gasteiger partial charge on any atom is -0.450 e. The molecule has 0 saturated carbocycles. The van der Waals surface area contributed by atoms with E-state index in [1.807, 2.05) is 0 Å². The molecule has 0 bridgehead atoms. The minimum absolute atomic E-state index is 0.356. The van der Waals surface area contributed by atoms with Gasteiger partial charge in [0, 0.05) is 12.4 Å². The Morgan fingerprint density at radius 2 is 2.00 bits per heavy atom. The van der Waals surface area contributed by atoms with Gasteiger partial charge in [0.15, 0.2) is 0 Å². The van der Waals surface area contributed by atoms with Gasteiger partial charge in [-0.3, -0.25) is 9.69 Å².